The molecule has 0 radical (unpaired) electrons. The summed E-state index contributed by atoms with van der Waals surface area (Å²) in [6, 6.07) is 7.69. The monoisotopic (exact) mass is 355 g/mol. The number of amides is 1. The molecule has 25 heavy (non-hydrogen) atoms. The van der Waals surface area contributed by atoms with Crippen molar-refractivity contribution in [2.24, 2.45) is 0 Å². The molecule has 0 unspecified atom stereocenters. The zero-order chi connectivity index (χ0) is 17.8. The average molecular weight is 355 g/mol. The first-order chi connectivity index (χ1) is 12.1. The molecule has 6 heteroatoms. The normalized spacial score (nSPS) is 17.3. The third-order valence-corrected chi connectivity index (χ3v) is 5.72. The van der Waals surface area contributed by atoms with Crippen LogP contribution in [-0.2, 0) is 6.42 Å². The summed E-state index contributed by atoms with van der Waals surface area (Å²) >= 11 is 1.75. The molecule has 0 aliphatic carbocycles. The topological polar surface area (TPSA) is 77.0 Å². The van der Waals surface area contributed by atoms with E-state index >= 15 is 0 Å². The van der Waals surface area contributed by atoms with E-state index in [0.29, 0.717) is 11.3 Å². The molecule has 3 heterocycles. The van der Waals surface area contributed by atoms with E-state index in [0.717, 1.165) is 38.6 Å². The van der Waals surface area contributed by atoms with Gasteiger partial charge in [-0.1, -0.05) is 6.07 Å². The van der Waals surface area contributed by atoms with Crippen LogP contribution in [-0.4, -0.2) is 28.4 Å². The lowest BCUT2D eigenvalue weighted by atomic mass is 9.96. The van der Waals surface area contributed by atoms with E-state index in [1.165, 1.54) is 10.9 Å². The summed E-state index contributed by atoms with van der Waals surface area (Å²) in [6.45, 7) is 2.44. The Morgan fingerprint density at radius 2 is 2.32 bits per heavy atom. The molecule has 1 aliphatic heterocycles. The lowest BCUT2D eigenvalue weighted by Gasteiger charge is -2.36. The SMILES string of the molecule is Cc1[nH]c(=O)c(C#N)cc1C(=O)N1CCCC[C@H]1CCc1cccs1. The molecule has 1 fully saturated rings. The van der Waals surface area contributed by atoms with Crippen LogP contribution in [0.3, 0.4) is 0 Å². The van der Waals surface area contributed by atoms with Crippen LogP contribution in [0.2, 0.25) is 0 Å². The van der Waals surface area contributed by atoms with Crippen molar-refractivity contribution < 1.29 is 4.79 Å². The van der Waals surface area contributed by atoms with Gasteiger partial charge >= 0.3 is 0 Å². The van der Waals surface area contributed by atoms with Crippen LogP contribution in [0.5, 0.6) is 0 Å². The summed E-state index contributed by atoms with van der Waals surface area (Å²) in [7, 11) is 0. The van der Waals surface area contributed by atoms with Crippen molar-refractivity contribution in [3.05, 3.63) is 55.6 Å². The number of thiophene rings is 1. The predicted octanol–water partition coefficient (Wildman–Crippen LogP) is 3.24. The van der Waals surface area contributed by atoms with Gasteiger partial charge in [0, 0.05) is 23.2 Å². The summed E-state index contributed by atoms with van der Waals surface area (Å²) < 4.78 is 0. The van der Waals surface area contributed by atoms with E-state index in [1.54, 1.807) is 18.3 Å². The fourth-order valence-electron chi connectivity index (χ4n) is 3.41. The maximum atomic E-state index is 13.1. The second-order valence-electron chi connectivity index (χ2n) is 6.43. The standard InChI is InChI=1S/C19H21N3O2S/c1-13-17(11-14(12-20)18(23)21-13)19(24)22-9-3-2-5-15(22)7-8-16-6-4-10-25-16/h4,6,10-11,15H,2-3,5,7-9H2,1H3,(H,21,23)/t15-/m0/s1. The number of piperidine rings is 1. The number of carbonyl (C=O) groups is 1. The molecule has 1 atom stereocenters. The van der Waals surface area contributed by atoms with Crippen molar-refractivity contribution in [3.63, 3.8) is 0 Å². The highest BCUT2D eigenvalue weighted by Crippen LogP contribution is 2.25. The van der Waals surface area contributed by atoms with Gasteiger partial charge in [-0.05, 0) is 56.5 Å². The van der Waals surface area contributed by atoms with Gasteiger partial charge in [-0.15, -0.1) is 11.3 Å². The Morgan fingerprint density at radius 1 is 1.48 bits per heavy atom. The summed E-state index contributed by atoms with van der Waals surface area (Å²) in [5, 5.41) is 11.1. The quantitative estimate of drug-likeness (QED) is 0.914. The third kappa shape index (κ3) is 3.83. The first kappa shape index (κ1) is 17.4. The van der Waals surface area contributed by atoms with Crippen LogP contribution in [0.1, 0.15) is 52.2 Å². The highest BCUT2D eigenvalue weighted by Gasteiger charge is 2.28. The lowest BCUT2D eigenvalue weighted by molar-refractivity contribution is 0.0601. The maximum absolute atomic E-state index is 13.1. The van der Waals surface area contributed by atoms with Gasteiger partial charge in [0.05, 0.1) is 5.56 Å². The number of likely N-dealkylation sites (tertiary alicyclic amines) is 1. The number of nitrogens with zero attached hydrogens (tertiary/aromatic N) is 2. The Morgan fingerprint density at radius 3 is 3.04 bits per heavy atom. The average Bonchev–Trinajstić information content (AvgIpc) is 3.13. The highest BCUT2D eigenvalue weighted by molar-refractivity contribution is 7.09. The van der Waals surface area contributed by atoms with Gasteiger partial charge in [0.15, 0.2) is 0 Å². The first-order valence-corrected chi connectivity index (χ1v) is 9.45. The van der Waals surface area contributed by atoms with Crippen molar-refractivity contribution in [2.45, 2.75) is 45.1 Å². The Kier molecular flexibility index (Phi) is 5.34. The van der Waals surface area contributed by atoms with Crippen molar-refractivity contribution in [1.29, 1.82) is 5.26 Å². The molecular formula is C19H21N3O2S. The smallest absolute Gasteiger partial charge is 0.266 e. The summed E-state index contributed by atoms with van der Waals surface area (Å²) in [5.41, 5.74) is 0.501. The number of H-pyrrole nitrogens is 1. The van der Waals surface area contributed by atoms with Crippen molar-refractivity contribution >= 4 is 17.2 Å². The second kappa shape index (κ2) is 7.66. The number of carbonyl (C=O) groups excluding carboxylic acids is 1. The number of aromatic nitrogens is 1. The van der Waals surface area contributed by atoms with Crippen LogP contribution >= 0.6 is 11.3 Å². The van der Waals surface area contributed by atoms with E-state index in [-0.39, 0.29) is 17.5 Å². The number of pyridine rings is 1. The molecule has 1 saturated heterocycles. The van der Waals surface area contributed by atoms with Gasteiger partial charge < -0.3 is 9.88 Å². The minimum absolute atomic E-state index is 0.0129. The molecule has 3 rings (SSSR count). The largest absolute Gasteiger partial charge is 0.336 e. The van der Waals surface area contributed by atoms with Gasteiger partial charge in [0.1, 0.15) is 11.6 Å². The Hall–Kier alpha value is -2.39. The molecule has 130 valence electrons. The van der Waals surface area contributed by atoms with Gasteiger partial charge in [-0.3, -0.25) is 9.59 Å². The molecule has 2 aromatic heterocycles. The highest BCUT2D eigenvalue weighted by atomic mass is 32.1. The summed E-state index contributed by atoms with van der Waals surface area (Å²) in [4.78, 5) is 30.7. The Labute approximate surface area is 150 Å². The molecule has 1 amide bonds. The summed E-state index contributed by atoms with van der Waals surface area (Å²) in [5.74, 6) is -0.0823. The number of nitrogens with one attached hydrogen (secondary N) is 1. The number of aryl methyl sites for hydroxylation is 2. The lowest BCUT2D eigenvalue weighted by Crippen LogP contribution is -2.44. The zero-order valence-corrected chi connectivity index (χ0v) is 15.1. The fraction of sp³-hybridized carbons (Fsp3) is 0.421. The predicted molar refractivity (Wildman–Crippen MR) is 97.8 cm³/mol. The van der Waals surface area contributed by atoms with E-state index in [4.69, 9.17) is 5.26 Å². The molecule has 0 aromatic carbocycles. The van der Waals surface area contributed by atoms with Gasteiger partial charge in [0.25, 0.3) is 11.5 Å². The maximum Gasteiger partial charge on any atom is 0.266 e. The van der Waals surface area contributed by atoms with E-state index < -0.39 is 5.56 Å². The molecule has 0 spiro atoms. The minimum Gasteiger partial charge on any atom is -0.336 e. The molecule has 5 nitrogen and oxygen atoms in total. The van der Waals surface area contributed by atoms with Crippen molar-refractivity contribution in [1.82, 2.24) is 9.88 Å². The van der Waals surface area contributed by atoms with Crippen molar-refractivity contribution in [2.75, 3.05) is 6.54 Å². The van der Waals surface area contributed by atoms with Gasteiger partial charge in [0.2, 0.25) is 0 Å². The number of nitriles is 1. The van der Waals surface area contributed by atoms with Crippen LogP contribution in [0.25, 0.3) is 0 Å². The number of hydrogen-bond acceptors (Lipinski definition) is 4. The zero-order valence-electron chi connectivity index (χ0n) is 14.2. The minimum atomic E-state index is -0.440. The number of hydrogen-bond donors (Lipinski definition) is 1. The third-order valence-electron chi connectivity index (χ3n) is 4.78. The number of rotatable bonds is 4. The Bertz CT molecular complexity index is 849. The van der Waals surface area contributed by atoms with Gasteiger partial charge in [-0.25, -0.2) is 0 Å². The van der Waals surface area contributed by atoms with Crippen LogP contribution < -0.4 is 5.56 Å². The van der Waals surface area contributed by atoms with E-state index in [1.807, 2.05) is 11.0 Å². The second-order valence-corrected chi connectivity index (χ2v) is 7.46. The molecule has 0 bridgehead atoms. The van der Waals surface area contributed by atoms with E-state index in [2.05, 4.69) is 22.5 Å². The molecular weight excluding hydrogens is 334 g/mol. The molecule has 1 aliphatic rings. The molecule has 1 N–H and O–H groups in total. The number of aromatic amines is 1. The van der Waals surface area contributed by atoms with Crippen LogP contribution in [0.15, 0.2) is 28.4 Å². The Balaban J connectivity index is 1.81. The van der Waals surface area contributed by atoms with Crippen molar-refractivity contribution in [3.8, 4) is 6.07 Å². The van der Waals surface area contributed by atoms with Crippen LogP contribution in [0.4, 0.5) is 0 Å². The van der Waals surface area contributed by atoms with Crippen LogP contribution in [0, 0.1) is 18.3 Å². The fourth-order valence-corrected chi connectivity index (χ4v) is 4.14. The van der Waals surface area contributed by atoms with Gasteiger partial charge in [-0.2, -0.15) is 5.26 Å². The summed E-state index contributed by atoms with van der Waals surface area (Å²) in [6.07, 6.45) is 5.05. The van der Waals surface area contributed by atoms with E-state index in [9.17, 15) is 9.59 Å². The molecule has 2 aromatic rings. The first-order valence-electron chi connectivity index (χ1n) is 8.57. The molecule has 0 saturated carbocycles.